The lowest BCUT2D eigenvalue weighted by Gasteiger charge is -2.01. The van der Waals surface area contributed by atoms with Gasteiger partial charge in [-0.25, -0.2) is 9.97 Å². The van der Waals surface area contributed by atoms with Gasteiger partial charge in [-0.3, -0.25) is 9.98 Å². The van der Waals surface area contributed by atoms with Crippen LogP contribution in [0.25, 0.3) is 10.4 Å². The largest absolute Gasteiger partial charge is 0.253 e. The molecule has 0 saturated carbocycles. The van der Waals surface area contributed by atoms with E-state index < -0.39 is 0 Å². The summed E-state index contributed by atoms with van der Waals surface area (Å²) in [5.74, 6) is 0. The SMILES string of the molecule is C/C(=N\c1ccc(-c2cncs2)cc1)c1cncnc1. The Morgan fingerprint density at radius 3 is 2.40 bits per heavy atom. The minimum atomic E-state index is 0.899. The van der Waals surface area contributed by atoms with Crippen molar-refractivity contribution in [2.24, 2.45) is 4.99 Å². The molecule has 0 aliphatic heterocycles. The van der Waals surface area contributed by atoms with Crippen LogP contribution in [0.2, 0.25) is 0 Å². The topological polar surface area (TPSA) is 51.0 Å². The average molecular weight is 280 g/mol. The van der Waals surface area contributed by atoms with Crippen LogP contribution in [0.1, 0.15) is 12.5 Å². The Morgan fingerprint density at radius 1 is 1.00 bits per heavy atom. The molecule has 2 aromatic heterocycles. The van der Waals surface area contributed by atoms with Crippen LogP contribution in [-0.2, 0) is 0 Å². The molecule has 0 aliphatic rings. The van der Waals surface area contributed by atoms with Gasteiger partial charge in [-0.2, -0.15) is 0 Å². The molecule has 98 valence electrons. The minimum absolute atomic E-state index is 0.899. The number of hydrogen-bond acceptors (Lipinski definition) is 5. The van der Waals surface area contributed by atoms with Crippen molar-refractivity contribution < 1.29 is 0 Å². The zero-order valence-corrected chi connectivity index (χ0v) is 11.7. The standard InChI is InChI=1S/C15H12N4S/c1-11(13-6-16-9-17-7-13)19-14-4-2-12(3-5-14)15-8-18-10-20-15/h2-10H,1H3/b19-11+. The van der Waals surface area contributed by atoms with Crippen LogP contribution in [0.3, 0.4) is 0 Å². The highest BCUT2D eigenvalue weighted by atomic mass is 32.1. The first kappa shape index (κ1) is 12.6. The van der Waals surface area contributed by atoms with Crippen LogP contribution in [0, 0.1) is 0 Å². The van der Waals surface area contributed by atoms with E-state index >= 15 is 0 Å². The highest BCUT2D eigenvalue weighted by Gasteiger charge is 2.01. The summed E-state index contributed by atoms with van der Waals surface area (Å²) in [6, 6.07) is 8.12. The first-order chi connectivity index (χ1) is 9.83. The summed E-state index contributed by atoms with van der Waals surface area (Å²) >= 11 is 1.63. The highest BCUT2D eigenvalue weighted by Crippen LogP contribution is 2.25. The lowest BCUT2D eigenvalue weighted by molar-refractivity contribution is 1.16. The van der Waals surface area contributed by atoms with Gasteiger partial charge < -0.3 is 0 Å². The van der Waals surface area contributed by atoms with Gasteiger partial charge in [-0.05, 0) is 24.6 Å². The summed E-state index contributed by atoms with van der Waals surface area (Å²) < 4.78 is 0. The molecule has 0 aliphatic carbocycles. The zero-order chi connectivity index (χ0) is 13.8. The van der Waals surface area contributed by atoms with E-state index in [4.69, 9.17) is 0 Å². The monoisotopic (exact) mass is 280 g/mol. The third kappa shape index (κ3) is 2.78. The molecule has 0 bridgehead atoms. The van der Waals surface area contributed by atoms with E-state index in [1.165, 1.54) is 6.33 Å². The molecule has 2 heterocycles. The molecule has 4 nitrogen and oxygen atoms in total. The van der Waals surface area contributed by atoms with Crippen LogP contribution in [0.15, 0.2) is 59.7 Å². The van der Waals surface area contributed by atoms with Gasteiger partial charge in [0.15, 0.2) is 0 Å². The second-order valence-corrected chi connectivity index (χ2v) is 5.12. The predicted molar refractivity (Wildman–Crippen MR) is 81.5 cm³/mol. The van der Waals surface area contributed by atoms with Crippen molar-refractivity contribution in [3.8, 4) is 10.4 Å². The molecule has 0 atom stereocenters. The molecule has 3 rings (SSSR count). The summed E-state index contributed by atoms with van der Waals surface area (Å²) in [7, 11) is 0. The van der Waals surface area contributed by atoms with E-state index in [1.807, 2.05) is 30.8 Å². The van der Waals surface area contributed by atoms with E-state index in [2.05, 4.69) is 32.1 Å². The van der Waals surface area contributed by atoms with E-state index in [9.17, 15) is 0 Å². The van der Waals surface area contributed by atoms with Crippen LogP contribution in [0.5, 0.6) is 0 Å². The molecule has 20 heavy (non-hydrogen) atoms. The van der Waals surface area contributed by atoms with Crippen molar-refractivity contribution in [1.82, 2.24) is 15.0 Å². The van der Waals surface area contributed by atoms with Gasteiger partial charge in [0, 0.05) is 29.9 Å². The van der Waals surface area contributed by atoms with Crippen molar-refractivity contribution in [3.05, 3.63) is 60.3 Å². The normalized spacial score (nSPS) is 11.6. The smallest absolute Gasteiger partial charge is 0.115 e. The predicted octanol–water partition coefficient (Wildman–Crippen LogP) is 3.74. The number of benzene rings is 1. The van der Waals surface area contributed by atoms with Gasteiger partial charge in [-0.1, -0.05) is 12.1 Å². The lowest BCUT2D eigenvalue weighted by Crippen LogP contribution is -1.95. The molecular weight excluding hydrogens is 268 g/mol. The number of thiazole rings is 1. The fourth-order valence-electron chi connectivity index (χ4n) is 1.80. The Labute approximate surface area is 120 Å². The van der Waals surface area contributed by atoms with Crippen LogP contribution in [0.4, 0.5) is 5.69 Å². The van der Waals surface area contributed by atoms with Crippen molar-refractivity contribution in [1.29, 1.82) is 0 Å². The quantitative estimate of drug-likeness (QED) is 0.687. The number of aromatic nitrogens is 3. The number of hydrogen-bond donors (Lipinski definition) is 0. The second kappa shape index (κ2) is 5.71. The molecule has 0 fully saturated rings. The first-order valence-electron chi connectivity index (χ1n) is 6.12. The molecule has 0 spiro atoms. The summed E-state index contributed by atoms with van der Waals surface area (Å²) in [5, 5.41) is 0. The number of aliphatic imine (C=N–C) groups is 1. The Balaban J connectivity index is 1.85. The van der Waals surface area contributed by atoms with Gasteiger partial charge in [0.2, 0.25) is 0 Å². The Morgan fingerprint density at radius 2 is 1.75 bits per heavy atom. The molecule has 5 heteroatoms. The van der Waals surface area contributed by atoms with E-state index in [1.54, 1.807) is 23.7 Å². The lowest BCUT2D eigenvalue weighted by atomic mass is 10.2. The highest BCUT2D eigenvalue weighted by molar-refractivity contribution is 7.13. The van der Waals surface area contributed by atoms with Gasteiger partial charge >= 0.3 is 0 Å². The molecule has 0 N–H and O–H groups in total. The Kier molecular flexibility index (Phi) is 3.60. The van der Waals surface area contributed by atoms with Crippen LogP contribution in [-0.4, -0.2) is 20.7 Å². The average Bonchev–Trinajstić information content (AvgIpc) is 3.03. The van der Waals surface area contributed by atoms with Gasteiger partial charge in [0.1, 0.15) is 6.33 Å². The minimum Gasteiger partial charge on any atom is -0.253 e. The first-order valence-corrected chi connectivity index (χ1v) is 7.00. The molecular formula is C15H12N4S. The van der Waals surface area contributed by atoms with E-state index in [0.29, 0.717) is 0 Å². The number of nitrogens with zero attached hydrogens (tertiary/aromatic N) is 4. The number of rotatable bonds is 3. The van der Waals surface area contributed by atoms with Crippen molar-refractivity contribution in [3.63, 3.8) is 0 Å². The zero-order valence-electron chi connectivity index (χ0n) is 10.9. The third-order valence-electron chi connectivity index (χ3n) is 2.86. The van der Waals surface area contributed by atoms with Crippen LogP contribution < -0.4 is 0 Å². The molecule has 0 unspecified atom stereocenters. The van der Waals surface area contributed by atoms with Gasteiger partial charge in [-0.15, -0.1) is 11.3 Å². The Hall–Kier alpha value is -2.40. The molecule has 0 saturated heterocycles. The maximum atomic E-state index is 4.58. The Bertz CT molecular complexity index is 703. The maximum absolute atomic E-state index is 4.58. The third-order valence-corrected chi connectivity index (χ3v) is 3.68. The van der Waals surface area contributed by atoms with Gasteiger partial charge in [0.25, 0.3) is 0 Å². The molecule has 0 amide bonds. The fourth-order valence-corrected chi connectivity index (χ4v) is 2.43. The van der Waals surface area contributed by atoms with E-state index in [-0.39, 0.29) is 0 Å². The summed E-state index contributed by atoms with van der Waals surface area (Å²) in [4.78, 5) is 17.8. The summed E-state index contributed by atoms with van der Waals surface area (Å²) in [6.07, 6.45) is 6.91. The molecule has 3 aromatic rings. The van der Waals surface area contributed by atoms with Crippen molar-refractivity contribution in [2.45, 2.75) is 6.92 Å². The second-order valence-electron chi connectivity index (χ2n) is 4.24. The maximum Gasteiger partial charge on any atom is 0.115 e. The summed E-state index contributed by atoms with van der Waals surface area (Å²) in [6.45, 7) is 1.95. The summed E-state index contributed by atoms with van der Waals surface area (Å²) in [5.41, 5.74) is 5.74. The van der Waals surface area contributed by atoms with Gasteiger partial charge in [0.05, 0.1) is 16.1 Å². The van der Waals surface area contributed by atoms with Crippen molar-refractivity contribution >= 4 is 22.7 Å². The van der Waals surface area contributed by atoms with Crippen molar-refractivity contribution in [2.75, 3.05) is 0 Å². The molecule has 0 radical (unpaired) electrons. The molecule has 1 aromatic carbocycles. The van der Waals surface area contributed by atoms with Crippen LogP contribution >= 0.6 is 11.3 Å². The van der Waals surface area contributed by atoms with E-state index in [0.717, 1.165) is 27.4 Å². The fraction of sp³-hybridized carbons (Fsp3) is 0.0667.